The molecule has 1 aliphatic carbocycles. The Morgan fingerprint density at radius 1 is 1.14 bits per heavy atom. The lowest BCUT2D eigenvalue weighted by atomic mass is 10.1. The predicted octanol–water partition coefficient (Wildman–Crippen LogP) is 2.70. The van der Waals surface area contributed by atoms with Gasteiger partial charge in [0.2, 0.25) is 5.91 Å². The number of carbonyl (C=O) groups excluding carboxylic acids is 2. The zero-order chi connectivity index (χ0) is 20.1. The van der Waals surface area contributed by atoms with E-state index in [1.165, 1.54) is 0 Å². The van der Waals surface area contributed by atoms with Gasteiger partial charge >= 0.3 is 0 Å². The van der Waals surface area contributed by atoms with Crippen molar-refractivity contribution in [2.24, 2.45) is 0 Å². The molecule has 2 amide bonds. The summed E-state index contributed by atoms with van der Waals surface area (Å²) >= 11 is 0. The van der Waals surface area contributed by atoms with Gasteiger partial charge in [-0.25, -0.2) is 0 Å². The van der Waals surface area contributed by atoms with E-state index in [9.17, 15) is 9.59 Å². The summed E-state index contributed by atoms with van der Waals surface area (Å²) in [6.07, 6.45) is 2.74. The van der Waals surface area contributed by atoms with Crippen molar-refractivity contribution in [2.45, 2.75) is 58.5 Å². The largest absolute Gasteiger partial charge is 0.494 e. The summed E-state index contributed by atoms with van der Waals surface area (Å²) in [4.78, 5) is 24.8. The highest BCUT2D eigenvalue weighted by Crippen LogP contribution is 2.21. The van der Waals surface area contributed by atoms with Crippen molar-refractivity contribution in [1.29, 1.82) is 0 Å². The van der Waals surface area contributed by atoms with Gasteiger partial charge in [-0.3, -0.25) is 9.59 Å². The lowest BCUT2D eigenvalue weighted by Crippen LogP contribution is -2.37. The topological polar surface area (TPSA) is 93.5 Å². The van der Waals surface area contributed by atoms with Crippen LogP contribution < -0.4 is 15.4 Å². The average Bonchev–Trinajstić information content (AvgIpc) is 3.22. The Balaban J connectivity index is 1.46. The van der Waals surface area contributed by atoms with Crippen molar-refractivity contribution < 1.29 is 18.8 Å². The number of ether oxygens (including phenoxy) is 1. The number of aromatic nitrogens is 1. The van der Waals surface area contributed by atoms with Gasteiger partial charge in [-0.2, -0.15) is 0 Å². The molecule has 1 fully saturated rings. The van der Waals surface area contributed by atoms with Crippen LogP contribution in [-0.4, -0.2) is 35.7 Å². The predicted molar refractivity (Wildman–Crippen MR) is 104 cm³/mol. The average molecular weight is 385 g/mol. The molecule has 0 radical (unpaired) electrons. The molecule has 1 aromatic heterocycles. The number of nitrogens with zero attached hydrogens (tertiary/aromatic N) is 1. The molecule has 2 atom stereocenters. The van der Waals surface area contributed by atoms with E-state index in [-0.39, 0.29) is 23.9 Å². The highest BCUT2D eigenvalue weighted by Gasteiger charge is 2.28. The molecule has 0 aliphatic heterocycles. The minimum absolute atomic E-state index is 0.00754. The maximum atomic E-state index is 12.4. The first kappa shape index (κ1) is 19.9. The number of aryl methyl sites for hydroxylation is 2. The molecule has 7 heteroatoms. The van der Waals surface area contributed by atoms with Crippen LogP contribution in [0.5, 0.6) is 5.75 Å². The molecule has 2 unspecified atom stereocenters. The minimum atomic E-state index is -0.164. The molecule has 2 aromatic rings. The van der Waals surface area contributed by atoms with Crippen LogP contribution in [0.4, 0.5) is 0 Å². The smallest absolute Gasteiger partial charge is 0.257 e. The highest BCUT2D eigenvalue weighted by atomic mass is 16.5. The van der Waals surface area contributed by atoms with Crippen LogP contribution in [-0.2, 0) is 11.2 Å². The second-order valence-electron chi connectivity index (χ2n) is 7.20. The Kier molecular flexibility index (Phi) is 6.34. The third kappa shape index (κ3) is 4.91. The normalized spacial score (nSPS) is 18.7. The van der Waals surface area contributed by atoms with Crippen LogP contribution in [0.15, 0.2) is 28.8 Å². The van der Waals surface area contributed by atoms with Crippen LogP contribution in [0.1, 0.15) is 53.6 Å². The Bertz CT molecular complexity index is 809. The molecular weight excluding hydrogens is 358 g/mol. The summed E-state index contributed by atoms with van der Waals surface area (Å²) in [6.45, 7) is 6.04. The van der Waals surface area contributed by atoms with Gasteiger partial charge in [-0.05, 0) is 57.7 Å². The summed E-state index contributed by atoms with van der Waals surface area (Å²) in [5.41, 5.74) is 2.04. The van der Waals surface area contributed by atoms with Crippen LogP contribution in [0.2, 0.25) is 0 Å². The number of carbonyl (C=O) groups is 2. The first-order valence-electron chi connectivity index (χ1n) is 9.71. The fraction of sp³-hybridized carbons (Fsp3) is 0.476. The number of rotatable bonds is 7. The molecule has 3 rings (SSSR count). The van der Waals surface area contributed by atoms with Gasteiger partial charge in [-0.1, -0.05) is 17.3 Å². The van der Waals surface area contributed by atoms with Crippen molar-refractivity contribution in [1.82, 2.24) is 15.8 Å². The summed E-state index contributed by atoms with van der Waals surface area (Å²) in [6, 6.07) is 7.68. The van der Waals surface area contributed by atoms with Gasteiger partial charge < -0.3 is 19.9 Å². The Morgan fingerprint density at radius 3 is 2.43 bits per heavy atom. The third-order valence-electron chi connectivity index (χ3n) is 4.99. The van der Waals surface area contributed by atoms with Crippen molar-refractivity contribution in [3.05, 3.63) is 46.8 Å². The van der Waals surface area contributed by atoms with E-state index in [1.54, 1.807) is 13.8 Å². The zero-order valence-electron chi connectivity index (χ0n) is 16.6. The first-order chi connectivity index (χ1) is 13.5. The lowest BCUT2D eigenvalue weighted by molar-refractivity contribution is -0.121. The molecule has 150 valence electrons. The fourth-order valence-corrected chi connectivity index (χ4v) is 3.64. The molecule has 7 nitrogen and oxygen atoms in total. The van der Waals surface area contributed by atoms with E-state index in [0.29, 0.717) is 30.0 Å². The molecule has 0 bridgehead atoms. The molecule has 1 saturated carbocycles. The van der Waals surface area contributed by atoms with Crippen molar-refractivity contribution in [3.8, 4) is 5.75 Å². The van der Waals surface area contributed by atoms with Gasteiger partial charge in [0.25, 0.3) is 5.91 Å². The van der Waals surface area contributed by atoms with E-state index in [2.05, 4.69) is 15.8 Å². The summed E-state index contributed by atoms with van der Waals surface area (Å²) in [7, 11) is 0. The van der Waals surface area contributed by atoms with Gasteiger partial charge in [0.05, 0.1) is 18.7 Å². The quantitative estimate of drug-likeness (QED) is 0.764. The van der Waals surface area contributed by atoms with Crippen molar-refractivity contribution in [2.75, 3.05) is 6.61 Å². The van der Waals surface area contributed by atoms with E-state index in [0.717, 1.165) is 30.6 Å². The summed E-state index contributed by atoms with van der Waals surface area (Å²) < 4.78 is 10.5. The molecule has 1 aliphatic rings. The minimum Gasteiger partial charge on any atom is -0.494 e. The second-order valence-corrected chi connectivity index (χ2v) is 7.20. The van der Waals surface area contributed by atoms with Gasteiger partial charge in [0, 0.05) is 12.1 Å². The van der Waals surface area contributed by atoms with Crippen molar-refractivity contribution in [3.63, 3.8) is 0 Å². The molecule has 0 saturated heterocycles. The van der Waals surface area contributed by atoms with Crippen LogP contribution in [0, 0.1) is 13.8 Å². The van der Waals surface area contributed by atoms with Crippen LogP contribution in [0.3, 0.4) is 0 Å². The van der Waals surface area contributed by atoms with E-state index in [1.807, 2.05) is 31.2 Å². The fourth-order valence-electron chi connectivity index (χ4n) is 3.64. The molecule has 28 heavy (non-hydrogen) atoms. The maximum Gasteiger partial charge on any atom is 0.257 e. The zero-order valence-corrected chi connectivity index (χ0v) is 16.6. The van der Waals surface area contributed by atoms with Gasteiger partial charge in [0.1, 0.15) is 17.1 Å². The Labute approximate surface area is 164 Å². The number of amides is 2. The number of benzene rings is 1. The molecule has 2 N–H and O–H groups in total. The number of hydrogen-bond acceptors (Lipinski definition) is 5. The second kappa shape index (κ2) is 8.91. The van der Waals surface area contributed by atoms with E-state index in [4.69, 9.17) is 9.26 Å². The molecule has 0 spiro atoms. The standard InChI is InChI=1S/C21H27N3O4/c1-4-27-18-9-5-15(6-10-18)11-19(25)22-16-7-8-17(12-16)23-21(26)20-13(2)24-28-14(20)3/h5-6,9-10,16-17H,4,7-8,11-12H2,1-3H3,(H,22,25)(H,23,26). The van der Waals surface area contributed by atoms with Gasteiger partial charge in [0.15, 0.2) is 0 Å². The maximum absolute atomic E-state index is 12.4. The first-order valence-corrected chi connectivity index (χ1v) is 9.71. The molecule has 1 heterocycles. The Morgan fingerprint density at radius 2 is 1.82 bits per heavy atom. The van der Waals surface area contributed by atoms with Gasteiger partial charge in [-0.15, -0.1) is 0 Å². The number of hydrogen-bond donors (Lipinski definition) is 2. The summed E-state index contributed by atoms with van der Waals surface area (Å²) in [5.74, 6) is 1.15. The number of nitrogens with one attached hydrogen (secondary N) is 2. The summed E-state index contributed by atoms with van der Waals surface area (Å²) in [5, 5.41) is 9.93. The van der Waals surface area contributed by atoms with E-state index < -0.39 is 0 Å². The van der Waals surface area contributed by atoms with Crippen LogP contribution in [0.25, 0.3) is 0 Å². The highest BCUT2D eigenvalue weighted by molar-refractivity contribution is 5.96. The van der Waals surface area contributed by atoms with Crippen LogP contribution >= 0.6 is 0 Å². The third-order valence-corrected chi connectivity index (χ3v) is 4.99. The lowest BCUT2D eigenvalue weighted by Gasteiger charge is -2.15. The van der Waals surface area contributed by atoms with Crippen molar-refractivity contribution >= 4 is 11.8 Å². The Hall–Kier alpha value is -2.83. The monoisotopic (exact) mass is 385 g/mol. The SMILES string of the molecule is CCOc1ccc(CC(=O)NC2CCC(NC(=O)c3c(C)noc3C)C2)cc1. The van der Waals surface area contributed by atoms with E-state index >= 15 is 0 Å². The molecule has 1 aromatic carbocycles. The molecular formula is C21H27N3O4.